The third-order valence-electron chi connectivity index (χ3n) is 1.78. The van der Waals surface area contributed by atoms with Gasteiger partial charge in [-0.25, -0.2) is 4.79 Å². The Morgan fingerprint density at radius 1 is 1.47 bits per heavy atom. The number of thiazole rings is 1. The number of carbonyl (C=O) groups is 2. The molecule has 2 aromatic rings. The minimum atomic E-state index is -1.94. The van der Waals surface area contributed by atoms with Crippen molar-refractivity contribution in [3.05, 3.63) is 11.4 Å². The topological polar surface area (TPSA) is 115 Å². The van der Waals surface area contributed by atoms with Crippen LogP contribution in [0.4, 0.5) is 0 Å². The number of methoxy groups -OCH3 is 1. The number of aliphatic carboxylic acids is 1. The Hall–Kier alpha value is -1.42. The van der Waals surface area contributed by atoms with Crippen LogP contribution in [0.15, 0.2) is 16.0 Å². The Labute approximate surface area is 132 Å². The molecule has 0 unspecified atom stereocenters. The minimum absolute atomic E-state index is 0. The van der Waals surface area contributed by atoms with E-state index in [4.69, 9.17) is 9.26 Å². The maximum atomic E-state index is 10.7. The average molecular weight is 292 g/mol. The van der Waals surface area contributed by atoms with Gasteiger partial charge in [0.2, 0.25) is 0 Å². The zero-order chi connectivity index (χ0) is 13.1. The summed E-state index contributed by atoms with van der Waals surface area (Å²) in [6, 6.07) is 1.49. The van der Waals surface area contributed by atoms with Gasteiger partial charge in [-0.05, 0) is 5.16 Å². The van der Waals surface area contributed by atoms with Crippen molar-refractivity contribution < 1.29 is 58.2 Å². The van der Waals surface area contributed by atoms with E-state index in [1.807, 2.05) is 0 Å². The second-order valence-electron chi connectivity index (χ2n) is 2.91. The van der Waals surface area contributed by atoms with Crippen LogP contribution in [-0.4, -0.2) is 29.2 Å². The molecule has 10 heteroatoms. The predicted molar refractivity (Wildman–Crippen MR) is 54.8 cm³/mol. The first-order chi connectivity index (χ1) is 8.60. The number of rotatable bonds is 3. The van der Waals surface area contributed by atoms with Crippen LogP contribution < -0.4 is 44.1 Å². The van der Waals surface area contributed by atoms with E-state index in [0.29, 0.717) is 11.5 Å². The fourth-order valence-electron chi connectivity index (χ4n) is 1.01. The van der Waals surface area contributed by atoms with Crippen molar-refractivity contribution in [2.24, 2.45) is 0 Å². The Bertz CT molecular complexity index is 595. The molecule has 19 heavy (non-hydrogen) atoms. The van der Waals surface area contributed by atoms with E-state index >= 15 is 0 Å². The van der Waals surface area contributed by atoms with Crippen molar-refractivity contribution >= 4 is 23.3 Å². The molecule has 0 saturated heterocycles. The molecular formula is C9H5N2NaO6S. The summed E-state index contributed by atoms with van der Waals surface area (Å²) < 4.78 is 14.2. The van der Waals surface area contributed by atoms with Gasteiger partial charge in [0, 0.05) is 5.38 Å². The Kier molecular flexibility index (Phi) is 5.48. The SMILES string of the molecule is COc1cc(-c2csc(OC(=O)C(=O)[O-])n2)on1.[Na+]. The van der Waals surface area contributed by atoms with Gasteiger partial charge < -0.3 is 23.9 Å². The number of aromatic nitrogens is 2. The fraction of sp³-hybridized carbons (Fsp3) is 0.111. The molecule has 0 fully saturated rings. The second-order valence-corrected chi connectivity index (χ2v) is 3.73. The van der Waals surface area contributed by atoms with Crippen LogP contribution in [0.5, 0.6) is 11.1 Å². The number of hydrogen-bond donors (Lipinski definition) is 0. The normalized spacial score (nSPS) is 9.53. The molecule has 0 N–H and O–H groups in total. The van der Waals surface area contributed by atoms with E-state index in [9.17, 15) is 14.7 Å². The van der Waals surface area contributed by atoms with Crippen molar-refractivity contribution in [2.75, 3.05) is 7.11 Å². The first kappa shape index (κ1) is 15.6. The molecule has 0 amide bonds. The molecule has 0 aromatic carbocycles. The van der Waals surface area contributed by atoms with Crippen molar-refractivity contribution in [3.8, 4) is 22.5 Å². The first-order valence-electron chi connectivity index (χ1n) is 4.50. The van der Waals surface area contributed by atoms with Gasteiger partial charge >= 0.3 is 35.5 Å². The van der Waals surface area contributed by atoms with Gasteiger partial charge in [-0.3, -0.25) is 0 Å². The minimum Gasteiger partial charge on any atom is -0.539 e. The summed E-state index contributed by atoms with van der Waals surface area (Å²) in [5.74, 6) is -2.87. The molecular weight excluding hydrogens is 287 g/mol. The number of carboxylic acids is 1. The van der Waals surface area contributed by atoms with Gasteiger partial charge in [0.25, 0.3) is 11.1 Å². The van der Waals surface area contributed by atoms with E-state index < -0.39 is 11.9 Å². The van der Waals surface area contributed by atoms with E-state index in [1.54, 1.807) is 0 Å². The Morgan fingerprint density at radius 3 is 2.79 bits per heavy atom. The van der Waals surface area contributed by atoms with E-state index in [1.165, 1.54) is 18.6 Å². The molecule has 94 valence electrons. The molecule has 0 aliphatic carbocycles. The van der Waals surface area contributed by atoms with Crippen LogP contribution >= 0.6 is 11.3 Å². The quantitative estimate of drug-likeness (QED) is 0.325. The van der Waals surface area contributed by atoms with Crippen LogP contribution in [0.3, 0.4) is 0 Å². The number of ether oxygens (including phenoxy) is 2. The zero-order valence-corrected chi connectivity index (χ0v) is 12.7. The molecule has 0 spiro atoms. The van der Waals surface area contributed by atoms with Crippen LogP contribution in [-0.2, 0) is 9.59 Å². The van der Waals surface area contributed by atoms with Gasteiger partial charge in [0.05, 0.1) is 13.2 Å². The molecule has 2 aromatic heterocycles. The number of esters is 1. The number of carbonyl (C=O) groups excluding carboxylic acids is 2. The third kappa shape index (κ3) is 3.77. The third-order valence-corrected chi connectivity index (χ3v) is 2.50. The summed E-state index contributed by atoms with van der Waals surface area (Å²) in [6.45, 7) is 0. The standard InChI is InChI=1S/C9H6N2O6S.Na/c1-15-6-2-5(17-11-6)4-3-18-9(10-4)16-8(14)7(12)13;/h2-3H,1H3,(H,12,13);/q;+1/p-1. The molecule has 0 radical (unpaired) electrons. The molecule has 2 heterocycles. The fourth-order valence-corrected chi connectivity index (χ4v) is 1.67. The maximum Gasteiger partial charge on any atom is 1.00 e. The van der Waals surface area contributed by atoms with Gasteiger partial charge in [0.1, 0.15) is 5.69 Å². The summed E-state index contributed by atoms with van der Waals surface area (Å²) in [5, 5.41) is 15.1. The molecule has 8 nitrogen and oxygen atoms in total. The van der Waals surface area contributed by atoms with Gasteiger partial charge in [-0.1, -0.05) is 11.3 Å². The zero-order valence-electron chi connectivity index (χ0n) is 9.91. The Balaban J connectivity index is 0.00000180. The van der Waals surface area contributed by atoms with Crippen LogP contribution in [0.25, 0.3) is 11.5 Å². The molecule has 0 aliphatic rings. The summed E-state index contributed by atoms with van der Waals surface area (Å²) in [5.41, 5.74) is 0.344. The van der Waals surface area contributed by atoms with Crippen LogP contribution in [0.2, 0.25) is 0 Å². The van der Waals surface area contributed by atoms with Crippen molar-refractivity contribution in [3.63, 3.8) is 0 Å². The molecule has 0 aliphatic heterocycles. The molecule has 0 saturated carbocycles. The second kappa shape index (κ2) is 6.66. The smallest absolute Gasteiger partial charge is 0.539 e. The van der Waals surface area contributed by atoms with E-state index in [2.05, 4.69) is 14.9 Å². The van der Waals surface area contributed by atoms with Crippen molar-refractivity contribution in [1.29, 1.82) is 0 Å². The van der Waals surface area contributed by atoms with Crippen molar-refractivity contribution in [1.82, 2.24) is 10.1 Å². The maximum absolute atomic E-state index is 10.7. The largest absolute Gasteiger partial charge is 1.00 e. The first-order valence-corrected chi connectivity index (χ1v) is 5.38. The molecule has 0 atom stereocenters. The predicted octanol–water partition coefficient (Wildman–Crippen LogP) is -3.53. The number of carboxylic acid groups (broad SMARTS) is 1. The molecule has 0 bridgehead atoms. The monoisotopic (exact) mass is 292 g/mol. The van der Waals surface area contributed by atoms with Gasteiger partial charge in [-0.2, -0.15) is 4.98 Å². The van der Waals surface area contributed by atoms with Gasteiger partial charge in [-0.15, -0.1) is 0 Å². The number of nitrogens with zero attached hydrogens (tertiary/aromatic N) is 2. The summed E-state index contributed by atoms with van der Waals surface area (Å²) in [6.07, 6.45) is 0. The van der Waals surface area contributed by atoms with E-state index in [0.717, 1.165) is 11.3 Å². The van der Waals surface area contributed by atoms with Crippen molar-refractivity contribution in [2.45, 2.75) is 0 Å². The van der Waals surface area contributed by atoms with E-state index in [-0.39, 0.29) is 40.6 Å². The average Bonchev–Trinajstić information content (AvgIpc) is 2.96. The van der Waals surface area contributed by atoms with Crippen LogP contribution in [0.1, 0.15) is 0 Å². The van der Waals surface area contributed by atoms with Crippen LogP contribution in [0, 0.1) is 0 Å². The van der Waals surface area contributed by atoms with Gasteiger partial charge in [0.15, 0.2) is 11.7 Å². The number of hydrogen-bond acceptors (Lipinski definition) is 9. The summed E-state index contributed by atoms with van der Waals surface area (Å²) >= 11 is 0.933. The molecule has 2 rings (SSSR count). The Morgan fingerprint density at radius 2 is 2.21 bits per heavy atom. The summed E-state index contributed by atoms with van der Waals surface area (Å²) in [4.78, 5) is 24.7. The summed E-state index contributed by atoms with van der Waals surface area (Å²) in [7, 11) is 1.43.